The fraction of sp³-hybridized carbons (Fsp3) is 0.600. The summed E-state index contributed by atoms with van der Waals surface area (Å²) in [5, 5.41) is 12.2. The summed E-state index contributed by atoms with van der Waals surface area (Å²) in [4.78, 5) is 23.7. The van der Waals surface area contributed by atoms with E-state index in [4.69, 9.17) is 14.2 Å². The Morgan fingerprint density at radius 2 is 2.07 bits per heavy atom. The molecule has 2 heterocycles. The minimum atomic E-state index is -0.889. The van der Waals surface area contributed by atoms with Gasteiger partial charge in [0.2, 0.25) is 0 Å². The summed E-state index contributed by atoms with van der Waals surface area (Å²) in [6.07, 6.45) is 2.19. The molecular formula is C20H27NO6. The number of hydrogen-bond acceptors (Lipinski definition) is 5. The third-order valence-electron chi connectivity index (χ3n) is 5.09. The molecule has 2 aliphatic rings. The summed E-state index contributed by atoms with van der Waals surface area (Å²) in [5.74, 6) is -0.607. The summed E-state index contributed by atoms with van der Waals surface area (Å²) in [6.45, 7) is 5.07. The Labute approximate surface area is 159 Å². The summed E-state index contributed by atoms with van der Waals surface area (Å²) in [5.41, 5.74) is 0.769. The molecule has 1 saturated heterocycles. The fourth-order valence-electron chi connectivity index (χ4n) is 3.69. The number of amides is 1. The molecule has 2 N–H and O–H groups in total. The van der Waals surface area contributed by atoms with Crippen LogP contribution in [0.4, 0.5) is 0 Å². The van der Waals surface area contributed by atoms with E-state index in [0.717, 1.165) is 12.0 Å². The molecule has 7 nitrogen and oxygen atoms in total. The van der Waals surface area contributed by atoms with Gasteiger partial charge in [0.25, 0.3) is 5.91 Å². The van der Waals surface area contributed by atoms with Gasteiger partial charge in [0, 0.05) is 31.7 Å². The monoisotopic (exact) mass is 377 g/mol. The number of carbonyl (C=O) groups excluding carboxylic acids is 1. The van der Waals surface area contributed by atoms with Crippen LogP contribution in [0.5, 0.6) is 11.5 Å². The maximum atomic E-state index is 12.2. The van der Waals surface area contributed by atoms with E-state index in [2.05, 4.69) is 5.32 Å². The highest BCUT2D eigenvalue weighted by molar-refractivity contribution is 5.79. The van der Waals surface area contributed by atoms with Gasteiger partial charge in [0.1, 0.15) is 5.60 Å². The number of para-hydroxylation sites is 1. The maximum absolute atomic E-state index is 12.2. The van der Waals surface area contributed by atoms with Crippen LogP contribution in [0.3, 0.4) is 0 Å². The fourth-order valence-corrected chi connectivity index (χ4v) is 3.69. The predicted octanol–water partition coefficient (Wildman–Crippen LogP) is 2.02. The van der Waals surface area contributed by atoms with Gasteiger partial charge in [-0.2, -0.15) is 0 Å². The molecule has 148 valence electrons. The lowest BCUT2D eigenvalue weighted by molar-refractivity contribution is -0.145. The first-order valence-corrected chi connectivity index (χ1v) is 9.37. The van der Waals surface area contributed by atoms with Crippen molar-refractivity contribution in [2.45, 2.75) is 38.7 Å². The normalized spacial score (nSPS) is 19.6. The van der Waals surface area contributed by atoms with E-state index in [-0.39, 0.29) is 30.6 Å². The molecule has 0 spiro atoms. The van der Waals surface area contributed by atoms with E-state index < -0.39 is 11.9 Å². The van der Waals surface area contributed by atoms with Crippen LogP contribution in [0.15, 0.2) is 18.2 Å². The molecule has 7 heteroatoms. The number of ether oxygens (including phenoxy) is 3. The summed E-state index contributed by atoms with van der Waals surface area (Å²) >= 11 is 0. The van der Waals surface area contributed by atoms with Gasteiger partial charge in [-0.15, -0.1) is 0 Å². The molecule has 27 heavy (non-hydrogen) atoms. The second-order valence-electron chi connectivity index (χ2n) is 7.77. The third kappa shape index (κ3) is 4.91. The first kappa shape index (κ1) is 19.5. The van der Waals surface area contributed by atoms with E-state index in [9.17, 15) is 14.7 Å². The zero-order valence-electron chi connectivity index (χ0n) is 15.8. The number of carboxylic acid groups (broad SMARTS) is 1. The minimum Gasteiger partial charge on any atom is -0.483 e. The number of rotatable bonds is 7. The number of carboxylic acids is 1. The largest absolute Gasteiger partial charge is 0.483 e. The zero-order valence-corrected chi connectivity index (χ0v) is 15.8. The van der Waals surface area contributed by atoms with E-state index in [1.165, 1.54) is 0 Å². The van der Waals surface area contributed by atoms with Gasteiger partial charge in [-0.1, -0.05) is 12.1 Å². The highest BCUT2D eigenvalue weighted by atomic mass is 16.5. The predicted molar refractivity (Wildman–Crippen MR) is 98.0 cm³/mol. The molecule has 1 aromatic rings. The van der Waals surface area contributed by atoms with Crippen LogP contribution < -0.4 is 14.8 Å². The van der Waals surface area contributed by atoms with Crippen molar-refractivity contribution >= 4 is 11.9 Å². The van der Waals surface area contributed by atoms with Crippen molar-refractivity contribution < 1.29 is 28.9 Å². The van der Waals surface area contributed by atoms with Crippen LogP contribution in [0.25, 0.3) is 0 Å². The third-order valence-corrected chi connectivity index (χ3v) is 5.09. The molecule has 2 aliphatic heterocycles. The lowest BCUT2D eigenvalue weighted by Crippen LogP contribution is -2.40. The van der Waals surface area contributed by atoms with Crippen molar-refractivity contribution in [3.63, 3.8) is 0 Å². The second-order valence-corrected chi connectivity index (χ2v) is 7.77. The van der Waals surface area contributed by atoms with E-state index in [1.807, 2.05) is 26.0 Å². The number of aliphatic carboxylic acids is 1. The Balaban J connectivity index is 1.52. The van der Waals surface area contributed by atoms with Gasteiger partial charge < -0.3 is 24.6 Å². The molecule has 1 atom stereocenters. The standard InChI is InChI=1S/C20H27NO6/c1-20(2)10-14-4-3-5-16(18(14)27-20)26-12-17(22)21-11-15(19(23)24)13-6-8-25-9-7-13/h3-5,13,15H,6-12H2,1-2H3,(H,21,22)(H,23,24). The first-order chi connectivity index (χ1) is 12.9. The van der Waals surface area contributed by atoms with Gasteiger partial charge >= 0.3 is 5.97 Å². The molecule has 3 rings (SSSR count). The molecule has 1 fully saturated rings. The highest BCUT2D eigenvalue weighted by Gasteiger charge is 2.33. The quantitative estimate of drug-likeness (QED) is 0.755. The van der Waals surface area contributed by atoms with Gasteiger partial charge in [-0.05, 0) is 38.7 Å². The Kier molecular flexibility index (Phi) is 5.89. The van der Waals surface area contributed by atoms with Gasteiger partial charge in [0.05, 0.1) is 5.92 Å². The van der Waals surface area contributed by atoms with E-state index in [0.29, 0.717) is 37.6 Å². The molecule has 0 radical (unpaired) electrons. The van der Waals surface area contributed by atoms with Crippen molar-refractivity contribution in [3.8, 4) is 11.5 Å². The van der Waals surface area contributed by atoms with Crippen LogP contribution in [0.2, 0.25) is 0 Å². The smallest absolute Gasteiger partial charge is 0.308 e. The molecule has 1 amide bonds. The van der Waals surface area contributed by atoms with Crippen LogP contribution in [0, 0.1) is 11.8 Å². The van der Waals surface area contributed by atoms with Gasteiger partial charge in [-0.3, -0.25) is 9.59 Å². The van der Waals surface area contributed by atoms with Crippen molar-refractivity contribution in [2.24, 2.45) is 11.8 Å². The Bertz CT molecular complexity index is 696. The number of fused-ring (bicyclic) bond motifs is 1. The molecule has 0 saturated carbocycles. The number of nitrogens with one attached hydrogen (secondary N) is 1. The maximum Gasteiger partial charge on any atom is 0.308 e. The molecule has 1 unspecified atom stereocenters. The van der Waals surface area contributed by atoms with Crippen LogP contribution in [-0.4, -0.2) is 48.9 Å². The molecule has 0 aromatic heterocycles. The lowest BCUT2D eigenvalue weighted by atomic mass is 9.86. The van der Waals surface area contributed by atoms with Crippen LogP contribution in [-0.2, 0) is 20.7 Å². The average Bonchev–Trinajstić information content (AvgIpc) is 2.95. The van der Waals surface area contributed by atoms with Gasteiger partial charge in [0.15, 0.2) is 18.1 Å². The average molecular weight is 377 g/mol. The van der Waals surface area contributed by atoms with Crippen LogP contribution in [0.1, 0.15) is 32.3 Å². The first-order valence-electron chi connectivity index (χ1n) is 9.37. The SMILES string of the molecule is CC1(C)Cc2cccc(OCC(=O)NCC(C(=O)O)C3CCOCC3)c2O1. The molecule has 1 aromatic carbocycles. The number of carbonyl (C=O) groups is 2. The molecule has 0 bridgehead atoms. The van der Waals surface area contributed by atoms with Crippen molar-refractivity contribution in [3.05, 3.63) is 23.8 Å². The summed E-state index contributed by atoms with van der Waals surface area (Å²) in [7, 11) is 0. The minimum absolute atomic E-state index is 0.0190. The van der Waals surface area contributed by atoms with Crippen LogP contribution >= 0.6 is 0 Å². The van der Waals surface area contributed by atoms with E-state index in [1.54, 1.807) is 6.07 Å². The lowest BCUT2D eigenvalue weighted by Gasteiger charge is -2.27. The number of hydrogen-bond donors (Lipinski definition) is 2. The van der Waals surface area contributed by atoms with Crippen molar-refractivity contribution in [2.75, 3.05) is 26.4 Å². The Morgan fingerprint density at radius 1 is 1.33 bits per heavy atom. The highest BCUT2D eigenvalue weighted by Crippen LogP contribution is 2.41. The van der Waals surface area contributed by atoms with Gasteiger partial charge in [-0.25, -0.2) is 0 Å². The second kappa shape index (κ2) is 8.17. The summed E-state index contributed by atoms with van der Waals surface area (Å²) in [6, 6.07) is 5.64. The van der Waals surface area contributed by atoms with Crippen molar-refractivity contribution in [1.82, 2.24) is 5.32 Å². The Morgan fingerprint density at radius 3 is 2.78 bits per heavy atom. The zero-order chi connectivity index (χ0) is 19.4. The topological polar surface area (TPSA) is 94.1 Å². The van der Waals surface area contributed by atoms with Crippen molar-refractivity contribution in [1.29, 1.82) is 0 Å². The molecule has 0 aliphatic carbocycles. The number of benzene rings is 1. The molecular weight excluding hydrogens is 350 g/mol. The van der Waals surface area contributed by atoms with E-state index >= 15 is 0 Å². The summed E-state index contributed by atoms with van der Waals surface area (Å²) < 4.78 is 16.8. The Hall–Kier alpha value is -2.28.